The highest BCUT2D eigenvalue weighted by molar-refractivity contribution is 5.72. The van der Waals surface area contributed by atoms with Gasteiger partial charge in [-0.1, -0.05) is 13.8 Å². The molecular weight excluding hydrogens is 228 g/mol. The van der Waals surface area contributed by atoms with E-state index >= 15 is 0 Å². The Morgan fingerprint density at radius 2 is 2.17 bits per heavy atom. The molecule has 1 saturated heterocycles. The van der Waals surface area contributed by atoms with Crippen LogP contribution in [0.2, 0.25) is 0 Å². The summed E-state index contributed by atoms with van der Waals surface area (Å²) in [5.74, 6) is 0.777. The molecule has 4 unspecified atom stereocenters. The van der Waals surface area contributed by atoms with Crippen LogP contribution in [0, 0.1) is 11.8 Å². The molecule has 1 saturated carbocycles. The van der Waals surface area contributed by atoms with E-state index in [1.54, 1.807) is 0 Å². The Kier molecular flexibility index (Phi) is 4.62. The molecule has 2 rings (SSSR count). The van der Waals surface area contributed by atoms with Crippen LogP contribution in [0.4, 0.5) is 0 Å². The highest BCUT2D eigenvalue weighted by atomic mass is 16.5. The van der Waals surface area contributed by atoms with Crippen LogP contribution in [0.3, 0.4) is 0 Å². The quantitative estimate of drug-likeness (QED) is 0.767. The standard InChI is InChI=1S/C14H26N2O2/c1-4-15-12-7-11(14(17)18-3)8-16(9-12)13-6-5-10(13)2/h10-13,15H,4-9H2,1-3H3. The number of nitrogens with one attached hydrogen (secondary N) is 1. The molecule has 4 atom stereocenters. The van der Waals surface area contributed by atoms with Gasteiger partial charge in [0.15, 0.2) is 0 Å². The molecule has 0 bridgehead atoms. The molecule has 104 valence electrons. The Morgan fingerprint density at radius 1 is 1.39 bits per heavy atom. The van der Waals surface area contributed by atoms with Crippen molar-refractivity contribution in [2.24, 2.45) is 11.8 Å². The summed E-state index contributed by atoms with van der Waals surface area (Å²) in [7, 11) is 1.50. The zero-order valence-electron chi connectivity index (χ0n) is 11.8. The molecule has 1 heterocycles. The first-order valence-corrected chi connectivity index (χ1v) is 7.21. The minimum absolute atomic E-state index is 0.0422. The lowest BCUT2D eigenvalue weighted by atomic mass is 9.78. The highest BCUT2D eigenvalue weighted by Crippen LogP contribution is 2.34. The van der Waals surface area contributed by atoms with Gasteiger partial charge in [-0.15, -0.1) is 0 Å². The van der Waals surface area contributed by atoms with Gasteiger partial charge >= 0.3 is 5.97 Å². The Morgan fingerprint density at radius 3 is 2.67 bits per heavy atom. The van der Waals surface area contributed by atoms with Gasteiger partial charge in [0, 0.05) is 25.2 Å². The fraction of sp³-hybridized carbons (Fsp3) is 0.929. The number of carbonyl (C=O) groups is 1. The number of hydrogen-bond donors (Lipinski definition) is 1. The van der Waals surface area contributed by atoms with Gasteiger partial charge in [0.2, 0.25) is 0 Å². The number of methoxy groups -OCH3 is 1. The summed E-state index contributed by atoms with van der Waals surface area (Å²) < 4.78 is 4.93. The highest BCUT2D eigenvalue weighted by Gasteiger charge is 2.39. The van der Waals surface area contributed by atoms with E-state index in [-0.39, 0.29) is 11.9 Å². The average Bonchev–Trinajstić information content (AvgIpc) is 2.36. The number of ether oxygens (including phenoxy) is 1. The third-order valence-electron chi connectivity index (χ3n) is 4.55. The molecule has 0 aromatic rings. The van der Waals surface area contributed by atoms with E-state index in [0.29, 0.717) is 12.1 Å². The first-order chi connectivity index (χ1) is 8.65. The van der Waals surface area contributed by atoms with Crippen molar-refractivity contribution in [1.29, 1.82) is 0 Å². The van der Waals surface area contributed by atoms with Crippen molar-refractivity contribution in [3.63, 3.8) is 0 Å². The van der Waals surface area contributed by atoms with Crippen molar-refractivity contribution < 1.29 is 9.53 Å². The Balaban J connectivity index is 1.99. The maximum absolute atomic E-state index is 11.8. The molecular formula is C14H26N2O2. The summed E-state index contributed by atoms with van der Waals surface area (Å²) in [4.78, 5) is 14.3. The molecule has 1 aliphatic carbocycles. The summed E-state index contributed by atoms with van der Waals surface area (Å²) in [6.07, 6.45) is 3.53. The Hall–Kier alpha value is -0.610. The summed E-state index contributed by atoms with van der Waals surface area (Å²) in [6, 6.07) is 1.11. The molecule has 0 aromatic carbocycles. The number of likely N-dealkylation sites (tertiary alicyclic amines) is 1. The van der Waals surface area contributed by atoms with E-state index in [0.717, 1.165) is 32.0 Å². The number of esters is 1. The van der Waals surface area contributed by atoms with Crippen LogP contribution >= 0.6 is 0 Å². The summed E-state index contributed by atoms with van der Waals surface area (Å²) in [6.45, 7) is 7.36. The minimum atomic E-state index is -0.0467. The van der Waals surface area contributed by atoms with Crippen molar-refractivity contribution in [2.45, 2.75) is 45.2 Å². The zero-order valence-corrected chi connectivity index (χ0v) is 11.8. The molecule has 4 heteroatoms. The van der Waals surface area contributed by atoms with Crippen LogP contribution < -0.4 is 5.32 Å². The number of hydrogen-bond acceptors (Lipinski definition) is 4. The maximum atomic E-state index is 11.8. The predicted molar refractivity (Wildman–Crippen MR) is 71.3 cm³/mol. The molecule has 0 amide bonds. The largest absolute Gasteiger partial charge is 0.469 e. The Bertz CT molecular complexity index is 296. The van der Waals surface area contributed by atoms with Crippen molar-refractivity contribution in [2.75, 3.05) is 26.7 Å². The third-order valence-corrected chi connectivity index (χ3v) is 4.55. The fourth-order valence-electron chi connectivity index (χ4n) is 3.37. The monoisotopic (exact) mass is 254 g/mol. The van der Waals surface area contributed by atoms with E-state index in [2.05, 4.69) is 24.1 Å². The second-order valence-corrected chi connectivity index (χ2v) is 5.79. The van der Waals surface area contributed by atoms with Crippen LogP contribution in [0.25, 0.3) is 0 Å². The molecule has 1 N–H and O–H groups in total. The smallest absolute Gasteiger partial charge is 0.310 e. The molecule has 2 aliphatic rings. The molecule has 0 aromatic heterocycles. The van der Waals surface area contributed by atoms with Gasteiger partial charge in [-0.05, 0) is 31.7 Å². The topological polar surface area (TPSA) is 41.6 Å². The lowest BCUT2D eigenvalue weighted by molar-refractivity contribution is -0.148. The van der Waals surface area contributed by atoms with Crippen molar-refractivity contribution in [3.05, 3.63) is 0 Å². The summed E-state index contributed by atoms with van der Waals surface area (Å²) >= 11 is 0. The lowest BCUT2D eigenvalue weighted by Gasteiger charge is -2.48. The van der Waals surface area contributed by atoms with Crippen molar-refractivity contribution >= 4 is 5.97 Å². The SMILES string of the molecule is CCNC1CC(C(=O)OC)CN(C2CCC2C)C1. The molecule has 0 radical (unpaired) electrons. The average molecular weight is 254 g/mol. The number of rotatable bonds is 4. The predicted octanol–water partition coefficient (Wildman–Crippen LogP) is 1.26. The molecule has 4 nitrogen and oxygen atoms in total. The fourth-order valence-corrected chi connectivity index (χ4v) is 3.37. The summed E-state index contributed by atoms with van der Waals surface area (Å²) in [5.41, 5.74) is 0. The number of nitrogens with zero attached hydrogens (tertiary/aromatic N) is 1. The Labute approximate surface area is 110 Å². The number of likely N-dealkylation sites (N-methyl/N-ethyl adjacent to an activating group) is 1. The summed E-state index contributed by atoms with van der Waals surface area (Å²) in [5, 5.41) is 3.49. The zero-order chi connectivity index (χ0) is 13.1. The van der Waals surface area contributed by atoms with Crippen LogP contribution in [0.15, 0.2) is 0 Å². The van der Waals surface area contributed by atoms with Gasteiger partial charge in [0.05, 0.1) is 13.0 Å². The first kappa shape index (κ1) is 13.8. The van der Waals surface area contributed by atoms with Crippen molar-refractivity contribution in [1.82, 2.24) is 10.2 Å². The van der Waals surface area contributed by atoms with Crippen LogP contribution in [-0.4, -0.2) is 49.7 Å². The van der Waals surface area contributed by atoms with Crippen LogP contribution in [0.5, 0.6) is 0 Å². The van der Waals surface area contributed by atoms with Gasteiger partial charge in [-0.2, -0.15) is 0 Å². The van der Waals surface area contributed by atoms with Gasteiger partial charge < -0.3 is 10.1 Å². The van der Waals surface area contributed by atoms with Crippen molar-refractivity contribution in [3.8, 4) is 0 Å². The van der Waals surface area contributed by atoms with Gasteiger partial charge in [0.1, 0.15) is 0 Å². The maximum Gasteiger partial charge on any atom is 0.310 e. The van der Waals surface area contributed by atoms with Crippen LogP contribution in [0.1, 0.15) is 33.1 Å². The van der Waals surface area contributed by atoms with Crippen LogP contribution in [-0.2, 0) is 9.53 Å². The van der Waals surface area contributed by atoms with Gasteiger partial charge in [-0.25, -0.2) is 0 Å². The van der Waals surface area contributed by atoms with Gasteiger partial charge in [-0.3, -0.25) is 9.69 Å². The lowest BCUT2D eigenvalue weighted by Crippen LogP contribution is -2.57. The van der Waals surface area contributed by atoms with E-state index in [1.807, 2.05) is 0 Å². The number of piperidine rings is 1. The second-order valence-electron chi connectivity index (χ2n) is 5.79. The second kappa shape index (κ2) is 6.02. The molecule has 0 spiro atoms. The normalized spacial score (nSPS) is 37.1. The third kappa shape index (κ3) is 2.86. The molecule has 18 heavy (non-hydrogen) atoms. The van der Waals surface area contributed by atoms with E-state index in [4.69, 9.17) is 4.74 Å². The van der Waals surface area contributed by atoms with E-state index in [1.165, 1.54) is 20.0 Å². The minimum Gasteiger partial charge on any atom is -0.469 e. The van der Waals surface area contributed by atoms with E-state index < -0.39 is 0 Å². The first-order valence-electron chi connectivity index (χ1n) is 7.21. The molecule has 1 aliphatic heterocycles. The number of carbonyl (C=O) groups excluding carboxylic acids is 1. The van der Waals surface area contributed by atoms with Gasteiger partial charge in [0.25, 0.3) is 0 Å². The van der Waals surface area contributed by atoms with E-state index in [9.17, 15) is 4.79 Å². The molecule has 2 fully saturated rings.